The van der Waals surface area contributed by atoms with Gasteiger partial charge in [-0.2, -0.15) is 0 Å². The normalized spacial score (nSPS) is 17.2. The van der Waals surface area contributed by atoms with Gasteiger partial charge in [0.1, 0.15) is 0 Å². The van der Waals surface area contributed by atoms with Crippen LogP contribution in [0.25, 0.3) is 0 Å². The number of rotatable bonds is 4. The second-order valence-electron chi connectivity index (χ2n) is 6.26. The van der Waals surface area contributed by atoms with Gasteiger partial charge in [0.05, 0.1) is 14.2 Å². The number of hydrogen-bond acceptors (Lipinski definition) is 3. The van der Waals surface area contributed by atoms with Crippen molar-refractivity contribution >= 4 is 5.91 Å². The van der Waals surface area contributed by atoms with Gasteiger partial charge in [-0.1, -0.05) is 30.3 Å². The average Bonchev–Trinajstić information content (AvgIpc) is 2.72. The van der Waals surface area contributed by atoms with Crippen molar-refractivity contribution in [2.45, 2.75) is 19.4 Å². The van der Waals surface area contributed by atoms with Crippen LogP contribution in [0.15, 0.2) is 42.5 Å². The highest BCUT2D eigenvalue weighted by Crippen LogP contribution is 2.34. The third-order valence-electron chi connectivity index (χ3n) is 4.63. The van der Waals surface area contributed by atoms with Crippen LogP contribution >= 0.6 is 0 Å². The van der Waals surface area contributed by atoms with Gasteiger partial charge >= 0.3 is 0 Å². The molecule has 1 aliphatic rings. The molecule has 0 N–H and O–H groups in total. The van der Waals surface area contributed by atoms with Gasteiger partial charge in [-0.25, -0.2) is 0 Å². The van der Waals surface area contributed by atoms with Crippen LogP contribution < -0.4 is 9.47 Å². The Bertz CT molecular complexity index is 727. The van der Waals surface area contributed by atoms with E-state index in [0.717, 1.165) is 17.5 Å². The molecule has 1 aliphatic heterocycles. The summed E-state index contributed by atoms with van der Waals surface area (Å²) in [6.45, 7) is 0.597. The Morgan fingerprint density at radius 1 is 1.04 bits per heavy atom. The first-order valence-electron chi connectivity index (χ1n) is 8.15. The molecule has 0 bridgehead atoms. The zero-order chi connectivity index (χ0) is 17.1. The summed E-state index contributed by atoms with van der Waals surface area (Å²) in [4.78, 5) is 14.6. The lowest BCUT2D eigenvalue weighted by Gasteiger charge is -2.20. The second-order valence-corrected chi connectivity index (χ2v) is 6.26. The summed E-state index contributed by atoms with van der Waals surface area (Å²) in [5, 5.41) is 0. The van der Waals surface area contributed by atoms with Crippen LogP contribution in [0.4, 0.5) is 0 Å². The summed E-state index contributed by atoms with van der Waals surface area (Å²) >= 11 is 0. The number of carbonyl (C=O) groups is 1. The van der Waals surface area contributed by atoms with Gasteiger partial charge in [-0.3, -0.25) is 4.79 Å². The number of amides is 1. The molecule has 24 heavy (non-hydrogen) atoms. The van der Waals surface area contributed by atoms with E-state index in [2.05, 4.69) is 12.1 Å². The minimum Gasteiger partial charge on any atom is -0.493 e. The first kappa shape index (κ1) is 16.4. The van der Waals surface area contributed by atoms with Crippen LogP contribution in [0.3, 0.4) is 0 Å². The van der Waals surface area contributed by atoms with E-state index in [1.165, 1.54) is 5.56 Å². The van der Waals surface area contributed by atoms with Crippen LogP contribution in [0, 0.1) is 5.92 Å². The maximum atomic E-state index is 12.8. The SMILES string of the molecule is COc1cc2c(cc1OC)CN(C)C(=O)[C@H](Cc1ccccc1)C2. The molecule has 4 nitrogen and oxygen atoms in total. The molecule has 0 fully saturated rings. The van der Waals surface area contributed by atoms with Crippen LogP contribution in [0.2, 0.25) is 0 Å². The molecule has 0 saturated heterocycles. The van der Waals surface area contributed by atoms with Crippen molar-refractivity contribution in [3.05, 3.63) is 59.2 Å². The number of carbonyl (C=O) groups excluding carboxylic acids is 1. The van der Waals surface area contributed by atoms with Gasteiger partial charge in [-0.15, -0.1) is 0 Å². The van der Waals surface area contributed by atoms with E-state index in [4.69, 9.17) is 9.47 Å². The Balaban J connectivity index is 1.95. The standard InChI is InChI=1S/C20H23NO3/c1-21-13-17-12-19(24-3)18(23-2)11-15(17)10-16(20(21)22)9-14-7-5-4-6-8-14/h4-8,11-12,16H,9-10,13H2,1-3H3/t16-/m1/s1. The monoisotopic (exact) mass is 325 g/mol. The summed E-state index contributed by atoms with van der Waals surface area (Å²) in [6.07, 6.45) is 1.46. The number of nitrogens with zero attached hydrogens (tertiary/aromatic N) is 1. The quantitative estimate of drug-likeness (QED) is 0.867. The zero-order valence-corrected chi connectivity index (χ0v) is 14.4. The highest BCUT2D eigenvalue weighted by atomic mass is 16.5. The molecule has 2 aromatic rings. The first-order valence-corrected chi connectivity index (χ1v) is 8.15. The molecule has 1 heterocycles. The van der Waals surface area contributed by atoms with Crippen LogP contribution in [-0.2, 0) is 24.2 Å². The molecule has 0 aromatic heterocycles. The van der Waals surface area contributed by atoms with Crippen molar-refractivity contribution in [3.63, 3.8) is 0 Å². The number of benzene rings is 2. The van der Waals surface area contributed by atoms with E-state index in [1.54, 1.807) is 14.2 Å². The molecule has 126 valence electrons. The Hall–Kier alpha value is -2.49. The number of methoxy groups -OCH3 is 2. The van der Waals surface area contributed by atoms with E-state index >= 15 is 0 Å². The molecule has 3 rings (SSSR count). The van der Waals surface area contributed by atoms with Crippen molar-refractivity contribution in [2.24, 2.45) is 5.92 Å². The summed E-state index contributed by atoms with van der Waals surface area (Å²) in [5.41, 5.74) is 3.47. The minimum atomic E-state index is -0.0586. The van der Waals surface area contributed by atoms with Gasteiger partial charge < -0.3 is 14.4 Å². The molecular formula is C20H23NO3. The third-order valence-corrected chi connectivity index (χ3v) is 4.63. The maximum Gasteiger partial charge on any atom is 0.226 e. The summed E-state index contributed by atoms with van der Waals surface area (Å²) < 4.78 is 10.8. The average molecular weight is 325 g/mol. The van der Waals surface area contributed by atoms with Gasteiger partial charge in [0.25, 0.3) is 0 Å². The van der Waals surface area contributed by atoms with E-state index < -0.39 is 0 Å². The van der Waals surface area contributed by atoms with Crippen molar-refractivity contribution in [1.82, 2.24) is 4.90 Å². The van der Waals surface area contributed by atoms with Gasteiger partial charge in [0.15, 0.2) is 11.5 Å². The Morgan fingerprint density at radius 3 is 2.29 bits per heavy atom. The molecule has 0 radical (unpaired) electrons. The van der Waals surface area contributed by atoms with E-state index in [-0.39, 0.29) is 11.8 Å². The topological polar surface area (TPSA) is 38.8 Å². The Labute approximate surface area is 143 Å². The lowest BCUT2D eigenvalue weighted by Crippen LogP contribution is -2.32. The lowest BCUT2D eigenvalue weighted by molar-refractivity contribution is -0.134. The van der Waals surface area contributed by atoms with Crippen molar-refractivity contribution in [3.8, 4) is 11.5 Å². The fraction of sp³-hybridized carbons (Fsp3) is 0.350. The predicted octanol–water partition coefficient (Wildman–Crippen LogP) is 3.08. The Kier molecular flexibility index (Phi) is 4.74. The molecule has 0 spiro atoms. The summed E-state index contributed by atoms with van der Waals surface area (Å²) in [7, 11) is 5.14. The van der Waals surface area contributed by atoms with E-state index in [1.807, 2.05) is 42.3 Å². The molecule has 0 saturated carbocycles. The largest absolute Gasteiger partial charge is 0.493 e. The molecular weight excluding hydrogens is 302 g/mol. The molecule has 1 amide bonds. The number of ether oxygens (including phenoxy) is 2. The van der Waals surface area contributed by atoms with Crippen LogP contribution in [0.1, 0.15) is 16.7 Å². The number of fused-ring (bicyclic) bond motifs is 1. The summed E-state index contributed by atoms with van der Waals surface area (Å²) in [6, 6.07) is 14.2. The molecule has 0 unspecified atom stereocenters. The van der Waals surface area contributed by atoms with Crippen LogP contribution in [0.5, 0.6) is 11.5 Å². The highest BCUT2D eigenvalue weighted by molar-refractivity contribution is 5.80. The first-order chi connectivity index (χ1) is 11.6. The van der Waals surface area contributed by atoms with Crippen molar-refractivity contribution in [2.75, 3.05) is 21.3 Å². The zero-order valence-electron chi connectivity index (χ0n) is 14.4. The molecule has 1 atom stereocenters. The molecule has 4 heteroatoms. The fourth-order valence-corrected chi connectivity index (χ4v) is 3.36. The summed E-state index contributed by atoms with van der Waals surface area (Å²) in [5.74, 6) is 1.55. The fourth-order valence-electron chi connectivity index (χ4n) is 3.36. The van der Waals surface area contributed by atoms with Crippen molar-refractivity contribution in [1.29, 1.82) is 0 Å². The molecule has 2 aromatic carbocycles. The predicted molar refractivity (Wildman–Crippen MR) is 93.4 cm³/mol. The number of hydrogen-bond donors (Lipinski definition) is 0. The highest BCUT2D eigenvalue weighted by Gasteiger charge is 2.28. The lowest BCUT2D eigenvalue weighted by atomic mass is 9.91. The second kappa shape index (κ2) is 6.95. The third kappa shape index (κ3) is 3.23. The minimum absolute atomic E-state index is 0.0586. The smallest absolute Gasteiger partial charge is 0.226 e. The van der Waals surface area contributed by atoms with Gasteiger partial charge in [0, 0.05) is 19.5 Å². The van der Waals surface area contributed by atoms with Gasteiger partial charge in [-0.05, 0) is 41.7 Å². The van der Waals surface area contributed by atoms with E-state index in [0.29, 0.717) is 24.5 Å². The van der Waals surface area contributed by atoms with Crippen molar-refractivity contribution < 1.29 is 14.3 Å². The van der Waals surface area contributed by atoms with E-state index in [9.17, 15) is 4.79 Å². The van der Waals surface area contributed by atoms with Gasteiger partial charge in [0.2, 0.25) is 5.91 Å². The van der Waals surface area contributed by atoms with Crippen LogP contribution in [-0.4, -0.2) is 32.1 Å². The molecule has 0 aliphatic carbocycles. The maximum absolute atomic E-state index is 12.8. The Morgan fingerprint density at radius 2 is 1.67 bits per heavy atom.